The van der Waals surface area contributed by atoms with Crippen molar-refractivity contribution in [2.75, 3.05) is 36.2 Å². The van der Waals surface area contributed by atoms with Crippen molar-refractivity contribution in [3.63, 3.8) is 0 Å². The lowest BCUT2D eigenvalue weighted by Gasteiger charge is -2.39. The molecule has 1 aromatic carbocycles. The fourth-order valence-corrected chi connectivity index (χ4v) is 4.69. The largest absolute Gasteiger partial charge is 0.371 e. The Bertz CT molecular complexity index is 967. The summed E-state index contributed by atoms with van der Waals surface area (Å²) in [4.78, 5) is 33.3. The fourth-order valence-electron chi connectivity index (χ4n) is 3.59. The summed E-state index contributed by atoms with van der Waals surface area (Å²) in [6.45, 7) is 4.11. The van der Waals surface area contributed by atoms with E-state index in [2.05, 4.69) is 28.2 Å². The molecule has 1 atom stereocenters. The van der Waals surface area contributed by atoms with Crippen LogP contribution in [0.4, 0.5) is 5.69 Å². The van der Waals surface area contributed by atoms with E-state index in [0.717, 1.165) is 29.7 Å². The number of aromatic nitrogens is 1. The Morgan fingerprint density at radius 3 is 2.93 bits per heavy atom. The first-order valence-electron chi connectivity index (χ1n) is 9.25. The van der Waals surface area contributed by atoms with Crippen LogP contribution in [0.2, 0.25) is 0 Å². The van der Waals surface area contributed by atoms with E-state index < -0.39 is 6.04 Å². The normalized spacial score (nSPS) is 19.4. The molecule has 2 amide bonds. The third-order valence-corrected chi connectivity index (χ3v) is 6.16. The van der Waals surface area contributed by atoms with Gasteiger partial charge in [0.05, 0.1) is 29.6 Å². The molecule has 0 spiro atoms. The Balaban J connectivity index is 1.50. The number of nitrogens with one attached hydrogen (secondary N) is 1. The molecule has 2 aliphatic rings. The van der Waals surface area contributed by atoms with Crippen molar-refractivity contribution in [1.82, 2.24) is 15.2 Å². The number of nitrogens with zero attached hydrogens (tertiary/aromatic N) is 4. The van der Waals surface area contributed by atoms with Crippen LogP contribution in [0.5, 0.6) is 0 Å². The van der Waals surface area contributed by atoms with Crippen LogP contribution in [0, 0.1) is 17.2 Å². The molecule has 1 N–H and O–H groups in total. The maximum atomic E-state index is 12.8. The van der Waals surface area contributed by atoms with E-state index in [-0.39, 0.29) is 18.4 Å². The van der Waals surface area contributed by atoms with Gasteiger partial charge in [-0.05, 0) is 30.2 Å². The van der Waals surface area contributed by atoms with Gasteiger partial charge in [-0.15, -0.1) is 11.8 Å². The van der Waals surface area contributed by atoms with Crippen LogP contribution in [0.15, 0.2) is 30.5 Å². The van der Waals surface area contributed by atoms with Gasteiger partial charge in [-0.25, -0.2) is 0 Å². The third kappa shape index (κ3) is 3.50. The predicted molar refractivity (Wildman–Crippen MR) is 109 cm³/mol. The van der Waals surface area contributed by atoms with Gasteiger partial charge in [-0.3, -0.25) is 14.6 Å². The van der Waals surface area contributed by atoms with E-state index in [1.54, 1.807) is 24.0 Å². The van der Waals surface area contributed by atoms with Crippen LogP contribution in [-0.4, -0.2) is 59.0 Å². The van der Waals surface area contributed by atoms with E-state index in [1.165, 1.54) is 4.90 Å². The molecule has 0 saturated carbocycles. The second-order valence-corrected chi connectivity index (χ2v) is 8.26. The minimum atomic E-state index is -0.419. The minimum Gasteiger partial charge on any atom is -0.371 e. The van der Waals surface area contributed by atoms with Crippen LogP contribution in [-0.2, 0) is 4.79 Å². The Kier molecular flexibility index (Phi) is 5.09. The molecule has 1 aromatic heterocycles. The summed E-state index contributed by atoms with van der Waals surface area (Å²) < 4.78 is 0. The summed E-state index contributed by atoms with van der Waals surface area (Å²) in [6, 6.07) is 9.33. The minimum absolute atomic E-state index is 0.120. The van der Waals surface area contributed by atoms with Crippen LogP contribution < -0.4 is 10.2 Å². The van der Waals surface area contributed by atoms with Crippen molar-refractivity contribution in [2.45, 2.75) is 13.0 Å². The first-order valence-corrected chi connectivity index (χ1v) is 10.4. The van der Waals surface area contributed by atoms with Crippen LogP contribution >= 0.6 is 11.8 Å². The quantitative estimate of drug-likeness (QED) is 0.850. The number of nitriles is 1. The smallest absolute Gasteiger partial charge is 0.252 e. The second-order valence-electron chi connectivity index (χ2n) is 7.26. The number of rotatable bonds is 4. The highest BCUT2D eigenvalue weighted by Gasteiger charge is 2.29. The number of hydrogen-bond donors (Lipinski definition) is 1. The molecule has 2 saturated heterocycles. The molecule has 3 heterocycles. The first-order chi connectivity index (χ1) is 13.6. The third-order valence-electron chi connectivity index (χ3n) is 5.15. The van der Waals surface area contributed by atoms with Gasteiger partial charge in [0.2, 0.25) is 5.91 Å². The van der Waals surface area contributed by atoms with Gasteiger partial charge >= 0.3 is 0 Å². The van der Waals surface area contributed by atoms with Gasteiger partial charge in [0.1, 0.15) is 6.04 Å². The van der Waals surface area contributed by atoms with Gasteiger partial charge in [-0.2, -0.15) is 5.26 Å². The fraction of sp³-hybridized carbons (Fsp3) is 0.400. The average Bonchev–Trinajstić information content (AvgIpc) is 3.17. The molecule has 0 aliphatic carbocycles. The molecule has 1 unspecified atom stereocenters. The zero-order valence-corrected chi connectivity index (χ0v) is 16.4. The number of carbonyl (C=O) groups is 2. The number of anilines is 1. The zero-order chi connectivity index (χ0) is 19.7. The molecule has 2 fully saturated rings. The summed E-state index contributed by atoms with van der Waals surface area (Å²) in [6.07, 6.45) is 1.60. The maximum Gasteiger partial charge on any atom is 0.252 e. The molecule has 144 valence electrons. The van der Waals surface area contributed by atoms with Crippen molar-refractivity contribution in [1.29, 1.82) is 5.26 Å². The van der Waals surface area contributed by atoms with Crippen LogP contribution in [0.1, 0.15) is 17.3 Å². The lowest BCUT2D eigenvalue weighted by atomic mass is 10.0. The van der Waals surface area contributed by atoms with Gasteiger partial charge in [0.25, 0.3) is 5.91 Å². The Hall–Kier alpha value is -2.79. The summed E-state index contributed by atoms with van der Waals surface area (Å²) in [5.41, 5.74) is 2.33. The van der Waals surface area contributed by atoms with E-state index in [0.29, 0.717) is 23.1 Å². The number of pyridine rings is 1. The van der Waals surface area contributed by atoms with E-state index in [1.807, 2.05) is 18.2 Å². The number of amides is 2. The average molecular weight is 395 g/mol. The molecular weight excluding hydrogens is 374 g/mol. The molecule has 0 radical (unpaired) electrons. The summed E-state index contributed by atoms with van der Waals surface area (Å²) in [5, 5.41) is 12.6. The van der Waals surface area contributed by atoms with Crippen molar-refractivity contribution in [3.05, 3.63) is 36.0 Å². The maximum absolute atomic E-state index is 12.8. The summed E-state index contributed by atoms with van der Waals surface area (Å²) in [5.74, 6) is 1.24. The number of fused-ring (bicyclic) bond motifs is 1. The number of carbonyl (C=O) groups excluding carboxylic acids is 2. The SMILES string of the molecule is CC1CN(c2ccc3nccc(C(=O)NCC(=O)N4CSCC4C#N)c3c2)C1. The van der Waals surface area contributed by atoms with Gasteiger partial charge in [0.15, 0.2) is 0 Å². The summed E-state index contributed by atoms with van der Waals surface area (Å²) in [7, 11) is 0. The highest BCUT2D eigenvalue weighted by molar-refractivity contribution is 7.99. The monoisotopic (exact) mass is 395 g/mol. The lowest BCUT2D eigenvalue weighted by molar-refractivity contribution is -0.129. The van der Waals surface area contributed by atoms with Crippen molar-refractivity contribution < 1.29 is 9.59 Å². The molecule has 28 heavy (non-hydrogen) atoms. The molecule has 2 aliphatic heterocycles. The van der Waals surface area contributed by atoms with Gasteiger partial charge < -0.3 is 15.1 Å². The standard InChI is InChI=1S/C20H21N5O2S/c1-13-9-24(10-13)14-2-3-18-17(6-14)16(4-5-22-18)20(27)23-8-19(26)25-12-28-11-15(25)7-21/h2-6,13,15H,8-12H2,1H3,(H,23,27). The zero-order valence-electron chi connectivity index (χ0n) is 15.6. The lowest BCUT2D eigenvalue weighted by Crippen LogP contribution is -2.45. The molecular formula is C20H21N5O2S. The van der Waals surface area contributed by atoms with Gasteiger partial charge in [0, 0.05) is 36.1 Å². The van der Waals surface area contributed by atoms with Crippen molar-refractivity contribution in [3.8, 4) is 6.07 Å². The highest BCUT2D eigenvalue weighted by atomic mass is 32.2. The second kappa shape index (κ2) is 7.68. The Morgan fingerprint density at radius 1 is 1.36 bits per heavy atom. The number of hydrogen-bond acceptors (Lipinski definition) is 6. The first kappa shape index (κ1) is 18.6. The Morgan fingerprint density at radius 2 is 2.18 bits per heavy atom. The van der Waals surface area contributed by atoms with Crippen molar-refractivity contribution in [2.24, 2.45) is 5.92 Å². The van der Waals surface area contributed by atoms with Crippen LogP contribution in [0.25, 0.3) is 10.9 Å². The Labute approximate surface area is 167 Å². The van der Waals surface area contributed by atoms with Gasteiger partial charge in [-0.1, -0.05) is 6.92 Å². The van der Waals surface area contributed by atoms with E-state index in [4.69, 9.17) is 5.26 Å². The van der Waals surface area contributed by atoms with Crippen LogP contribution in [0.3, 0.4) is 0 Å². The molecule has 7 nitrogen and oxygen atoms in total. The molecule has 2 aromatic rings. The predicted octanol–water partition coefficient (Wildman–Crippen LogP) is 1.85. The molecule has 0 bridgehead atoms. The topological polar surface area (TPSA) is 89.3 Å². The summed E-state index contributed by atoms with van der Waals surface area (Å²) >= 11 is 1.54. The van der Waals surface area contributed by atoms with E-state index in [9.17, 15) is 9.59 Å². The number of thioether (sulfide) groups is 1. The highest BCUT2D eigenvalue weighted by Crippen LogP contribution is 2.28. The molecule has 4 rings (SSSR count). The van der Waals surface area contributed by atoms with E-state index >= 15 is 0 Å². The van der Waals surface area contributed by atoms with Crippen molar-refractivity contribution >= 4 is 40.2 Å². The molecule has 8 heteroatoms. The number of benzene rings is 1.